The molecule has 5 nitrogen and oxygen atoms in total. The summed E-state index contributed by atoms with van der Waals surface area (Å²) in [5.74, 6) is -1.95. The highest BCUT2D eigenvalue weighted by Crippen LogP contribution is 2.24. The van der Waals surface area contributed by atoms with Crippen LogP contribution in [-0.2, 0) is 23.8 Å². The van der Waals surface area contributed by atoms with Gasteiger partial charge >= 0.3 is 11.9 Å². The van der Waals surface area contributed by atoms with E-state index in [-0.39, 0.29) is 19.1 Å². The van der Waals surface area contributed by atoms with Crippen LogP contribution < -0.4 is 0 Å². The van der Waals surface area contributed by atoms with E-state index >= 15 is 0 Å². The average molecular weight is 230 g/mol. The van der Waals surface area contributed by atoms with Crippen molar-refractivity contribution in [2.75, 3.05) is 26.4 Å². The molecule has 0 N–H and O–H groups in total. The van der Waals surface area contributed by atoms with Crippen molar-refractivity contribution < 1.29 is 23.8 Å². The summed E-state index contributed by atoms with van der Waals surface area (Å²) < 4.78 is 15.0. The second-order valence-corrected chi connectivity index (χ2v) is 3.61. The Morgan fingerprint density at radius 1 is 1.25 bits per heavy atom. The van der Waals surface area contributed by atoms with Gasteiger partial charge in [-0.05, 0) is 20.3 Å². The largest absolute Gasteiger partial charge is 0.465 e. The van der Waals surface area contributed by atoms with Crippen molar-refractivity contribution in [1.82, 2.24) is 0 Å². The second-order valence-electron chi connectivity index (χ2n) is 3.61. The molecule has 0 saturated carbocycles. The summed E-state index contributed by atoms with van der Waals surface area (Å²) in [5, 5.41) is 0. The molecule has 0 radical (unpaired) electrons. The molecule has 1 atom stereocenters. The molecule has 0 aromatic heterocycles. The van der Waals surface area contributed by atoms with Gasteiger partial charge in [0.05, 0.1) is 19.8 Å². The van der Waals surface area contributed by atoms with Crippen LogP contribution in [0, 0.1) is 11.8 Å². The van der Waals surface area contributed by atoms with E-state index in [4.69, 9.17) is 14.2 Å². The van der Waals surface area contributed by atoms with Crippen LogP contribution in [0.2, 0.25) is 0 Å². The van der Waals surface area contributed by atoms with Crippen molar-refractivity contribution in [3.8, 4) is 0 Å². The summed E-state index contributed by atoms with van der Waals surface area (Å²) in [5.41, 5.74) is 0. The maximum absolute atomic E-state index is 11.7. The number of rotatable bonds is 5. The molecule has 0 bridgehead atoms. The summed E-state index contributed by atoms with van der Waals surface area (Å²) in [6, 6.07) is 0. The SMILES string of the molecule is CCOC(=O)C(C(=O)OCC)C1CCOC1. The molecule has 0 amide bonds. The number of carbonyl (C=O) groups excluding carboxylic acids is 2. The van der Waals surface area contributed by atoms with E-state index in [1.54, 1.807) is 13.8 Å². The lowest BCUT2D eigenvalue weighted by Gasteiger charge is -2.18. The van der Waals surface area contributed by atoms with Gasteiger partial charge in [-0.2, -0.15) is 0 Å². The first kappa shape index (κ1) is 13.0. The summed E-state index contributed by atoms with van der Waals surface area (Å²) in [7, 11) is 0. The smallest absolute Gasteiger partial charge is 0.320 e. The van der Waals surface area contributed by atoms with Crippen molar-refractivity contribution in [3.63, 3.8) is 0 Å². The summed E-state index contributed by atoms with van der Waals surface area (Å²) in [4.78, 5) is 23.3. The fraction of sp³-hybridized carbons (Fsp3) is 0.818. The Morgan fingerprint density at radius 3 is 2.19 bits per heavy atom. The molecule has 92 valence electrons. The molecule has 1 saturated heterocycles. The van der Waals surface area contributed by atoms with Gasteiger partial charge in [0.25, 0.3) is 0 Å². The molecule has 1 unspecified atom stereocenters. The van der Waals surface area contributed by atoms with Gasteiger partial charge in [-0.15, -0.1) is 0 Å². The second kappa shape index (κ2) is 6.48. The van der Waals surface area contributed by atoms with Crippen LogP contribution in [0.4, 0.5) is 0 Å². The molecule has 0 aromatic carbocycles. The highest BCUT2D eigenvalue weighted by Gasteiger charge is 2.39. The number of esters is 2. The molecule has 1 aliphatic heterocycles. The zero-order valence-corrected chi connectivity index (χ0v) is 9.73. The fourth-order valence-electron chi connectivity index (χ4n) is 1.76. The Kier molecular flexibility index (Phi) is 5.25. The number of hydrogen-bond donors (Lipinski definition) is 0. The Bertz CT molecular complexity index is 227. The Balaban J connectivity index is 2.67. The number of carbonyl (C=O) groups is 2. The fourth-order valence-corrected chi connectivity index (χ4v) is 1.76. The van der Waals surface area contributed by atoms with Gasteiger partial charge in [0.2, 0.25) is 0 Å². The van der Waals surface area contributed by atoms with Crippen molar-refractivity contribution in [2.45, 2.75) is 20.3 Å². The zero-order chi connectivity index (χ0) is 12.0. The van der Waals surface area contributed by atoms with Gasteiger partial charge in [-0.25, -0.2) is 0 Å². The maximum atomic E-state index is 11.7. The lowest BCUT2D eigenvalue weighted by molar-refractivity contribution is -0.164. The minimum atomic E-state index is -0.831. The molecule has 5 heteroatoms. The zero-order valence-electron chi connectivity index (χ0n) is 9.73. The van der Waals surface area contributed by atoms with Crippen molar-refractivity contribution in [1.29, 1.82) is 0 Å². The van der Waals surface area contributed by atoms with E-state index in [1.165, 1.54) is 0 Å². The normalized spacial score (nSPS) is 19.8. The van der Waals surface area contributed by atoms with Crippen LogP contribution in [0.3, 0.4) is 0 Å². The van der Waals surface area contributed by atoms with Crippen LogP contribution >= 0.6 is 0 Å². The molecule has 1 heterocycles. The van der Waals surface area contributed by atoms with E-state index in [0.29, 0.717) is 19.6 Å². The average Bonchev–Trinajstić information content (AvgIpc) is 2.72. The number of hydrogen-bond acceptors (Lipinski definition) is 5. The molecule has 0 spiro atoms. The first-order valence-corrected chi connectivity index (χ1v) is 5.61. The van der Waals surface area contributed by atoms with Crippen LogP contribution in [0.25, 0.3) is 0 Å². The molecule has 1 aliphatic rings. The van der Waals surface area contributed by atoms with Crippen molar-refractivity contribution >= 4 is 11.9 Å². The summed E-state index contributed by atoms with van der Waals surface area (Å²) in [6.07, 6.45) is 0.697. The van der Waals surface area contributed by atoms with E-state index in [0.717, 1.165) is 0 Å². The van der Waals surface area contributed by atoms with Crippen molar-refractivity contribution in [3.05, 3.63) is 0 Å². The monoisotopic (exact) mass is 230 g/mol. The van der Waals surface area contributed by atoms with Gasteiger partial charge in [0.15, 0.2) is 5.92 Å². The Hall–Kier alpha value is -1.10. The first-order chi connectivity index (χ1) is 7.70. The van der Waals surface area contributed by atoms with Crippen LogP contribution in [0.1, 0.15) is 20.3 Å². The van der Waals surface area contributed by atoms with E-state index in [2.05, 4.69) is 0 Å². The quantitative estimate of drug-likeness (QED) is 0.515. The molecule has 0 aromatic rings. The Labute approximate surface area is 95.0 Å². The van der Waals surface area contributed by atoms with Crippen LogP contribution in [0.15, 0.2) is 0 Å². The molecule has 0 aliphatic carbocycles. The number of ether oxygens (including phenoxy) is 3. The van der Waals surface area contributed by atoms with Gasteiger partial charge in [-0.1, -0.05) is 0 Å². The van der Waals surface area contributed by atoms with Gasteiger partial charge in [0.1, 0.15) is 0 Å². The molecular weight excluding hydrogens is 212 g/mol. The predicted octanol–water partition coefficient (Wildman–Crippen LogP) is 0.765. The predicted molar refractivity (Wildman–Crippen MR) is 55.7 cm³/mol. The molecular formula is C11H18O5. The molecule has 1 rings (SSSR count). The highest BCUT2D eigenvalue weighted by atomic mass is 16.6. The third-order valence-electron chi connectivity index (χ3n) is 2.52. The Morgan fingerprint density at radius 2 is 1.81 bits per heavy atom. The van der Waals surface area contributed by atoms with E-state index < -0.39 is 17.9 Å². The van der Waals surface area contributed by atoms with Gasteiger partial charge < -0.3 is 14.2 Å². The summed E-state index contributed by atoms with van der Waals surface area (Å²) >= 11 is 0. The third kappa shape index (κ3) is 3.20. The van der Waals surface area contributed by atoms with Crippen LogP contribution in [-0.4, -0.2) is 38.4 Å². The van der Waals surface area contributed by atoms with E-state index in [1.807, 2.05) is 0 Å². The first-order valence-electron chi connectivity index (χ1n) is 5.61. The third-order valence-corrected chi connectivity index (χ3v) is 2.52. The van der Waals surface area contributed by atoms with Crippen molar-refractivity contribution in [2.24, 2.45) is 11.8 Å². The lowest BCUT2D eigenvalue weighted by Crippen LogP contribution is -2.34. The maximum Gasteiger partial charge on any atom is 0.320 e. The topological polar surface area (TPSA) is 61.8 Å². The molecule has 16 heavy (non-hydrogen) atoms. The van der Waals surface area contributed by atoms with Gasteiger partial charge in [-0.3, -0.25) is 9.59 Å². The van der Waals surface area contributed by atoms with Gasteiger partial charge in [0, 0.05) is 12.5 Å². The molecule has 1 fully saturated rings. The highest BCUT2D eigenvalue weighted by molar-refractivity contribution is 5.95. The standard InChI is InChI=1S/C11H18O5/c1-3-15-10(12)9(11(13)16-4-2)8-5-6-14-7-8/h8-9H,3-7H2,1-2H3. The minimum Gasteiger partial charge on any atom is -0.465 e. The summed E-state index contributed by atoms with van der Waals surface area (Å²) in [6.45, 7) is 4.96. The van der Waals surface area contributed by atoms with E-state index in [9.17, 15) is 9.59 Å². The minimum absolute atomic E-state index is 0.113. The lowest BCUT2D eigenvalue weighted by atomic mass is 9.92. The van der Waals surface area contributed by atoms with Crippen LogP contribution in [0.5, 0.6) is 0 Å².